The highest BCUT2D eigenvalue weighted by molar-refractivity contribution is 14.1. The van der Waals surface area contributed by atoms with Crippen molar-refractivity contribution in [3.63, 3.8) is 0 Å². The fraction of sp³-hybridized carbons (Fsp3) is 0. The summed E-state index contributed by atoms with van der Waals surface area (Å²) in [6.45, 7) is 0. The molecule has 0 saturated heterocycles. The van der Waals surface area contributed by atoms with Gasteiger partial charge >= 0.3 is 5.97 Å². The summed E-state index contributed by atoms with van der Waals surface area (Å²) in [7, 11) is 0. The van der Waals surface area contributed by atoms with Crippen LogP contribution in [0.5, 0.6) is 0 Å². The molecule has 6 heteroatoms. The van der Waals surface area contributed by atoms with Crippen molar-refractivity contribution >= 4 is 56.1 Å². The minimum atomic E-state index is -1.37. The Labute approximate surface area is 100 Å². The van der Waals surface area contributed by atoms with Gasteiger partial charge in [0.1, 0.15) is 5.56 Å². The van der Waals surface area contributed by atoms with Crippen molar-refractivity contribution in [2.45, 2.75) is 0 Å². The van der Waals surface area contributed by atoms with Crippen molar-refractivity contribution < 1.29 is 14.3 Å². The van der Waals surface area contributed by atoms with Crippen LogP contribution < -0.4 is 0 Å². The number of benzene rings is 1. The predicted octanol–water partition coefficient (Wildman–Crippen LogP) is 3.54. The predicted molar refractivity (Wildman–Crippen MR) is 58.8 cm³/mol. The second-order valence-electron chi connectivity index (χ2n) is 2.15. The SMILES string of the molecule is O=C(O)c1c(Cl)cc(Br)c(I)c1F. The zero-order chi connectivity index (χ0) is 10.2. The standard InChI is InChI=1S/C7H2BrClFIO2/c8-2-1-3(9)4(7(12)13)5(10)6(2)11/h1H,(H,12,13). The first-order chi connectivity index (χ1) is 5.95. The van der Waals surface area contributed by atoms with E-state index in [1.807, 2.05) is 0 Å². The molecule has 1 N–H and O–H groups in total. The van der Waals surface area contributed by atoms with Gasteiger partial charge in [0, 0.05) is 4.47 Å². The normalized spacial score (nSPS) is 10.2. The molecule has 1 rings (SSSR count). The van der Waals surface area contributed by atoms with Crippen LogP contribution in [-0.2, 0) is 0 Å². The number of carboxylic acid groups (broad SMARTS) is 1. The molecule has 0 radical (unpaired) electrons. The zero-order valence-corrected chi connectivity index (χ0v) is 10.4. The topological polar surface area (TPSA) is 37.3 Å². The maximum absolute atomic E-state index is 13.3. The molecule has 0 bridgehead atoms. The van der Waals surface area contributed by atoms with E-state index in [0.717, 1.165) is 0 Å². The van der Waals surface area contributed by atoms with Crippen molar-refractivity contribution in [1.29, 1.82) is 0 Å². The minimum Gasteiger partial charge on any atom is -0.478 e. The summed E-state index contributed by atoms with van der Waals surface area (Å²) in [5, 5.41) is 8.51. The van der Waals surface area contributed by atoms with Crippen LogP contribution in [0.15, 0.2) is 10.5 Å². The molecule has 0 fully saturated rings. The Morgan fingerprint density at radius 2 is 2.23 bits per heavy atom. The third-order valence-electron chi connectivity index (χ3n) is 1.33. The Bertz CT molecular complexity index is 383. The quantitative estimate of drug-likeness (QED) is 0.460. The van der Waals surface area contributed by atoms with Crippen LogP contribution in [0.2, 0.25) is 5.02 Å². The minimum absolute atomic E-state index is 0.114. The van der Waals surface area contributed by atoms with Crippen molar-refractivity contribution in [2.24, 2.45) is 0 Å². The first-order valence-corrected chi connectivity index (χ1v) is 5.26. The number of carboxylic acids is 1. The molecule has 13 heavy (non-hydrogen) atoms. The van der Waals surface area contributed by atoms with Crippen LogP contribution in [0.4, 0.5) is 4.39 Å². The molecular weight excluding hydrogens is 377 g/mol. The van der Waals surface area contributed by atoms with Crippen LogP contribution in [0, 0.1) is 9.39 Å². The lowest BCUT2D eigenvalue weighted by atomic mass is 10.2. The highest BCUT2D eigenvalue weighted by atomic mass is 127. The fourth-order valence-electron chi connectivity index (χ4n) is 0.762. The fourth-order valence-corrected chi connectivity index (χ4v) is 2.00. The molecule has 70 valence electrons. The van der Waals surface area contributed by atoms with Gasteiger partial charge in [-0.3, -0.25) is 0 Å². The van der Waals surface area contributed by atoms with Crippen molar-refractivity contribution in [2.75, 3.05) is 0 Å². The van der Waals surface area contributed by atoms with Gasteiger partial charge in [0.2, 0.25) is 0 Å². The Morgan fingerprint density at radius 1 is 1.69 bits per heavy atom. The van der Waals surface area contributed by atoms with E-state index in [4.69, 9.17) is 16.7 Å². The first kappa shape index (κ1) is 11.2. The Balaban J connectivity index is 3.53. The molecule has 0 spiro atoms. The summed E-state index contributed by atoms with van der Waals surface area (Å²) in [5.74, 6) is -2.18. The summed E-state index contributed by atoms with van der Waals surface area (Å²) in [5.41, 5.74) is -0.491. The zero-order valence-electron chi connectivity index (χ0n) is 5.94. The van der Waals surface area contributed by atoms with Gasteiger partial charge in [-0.2, -0.15) is 0 Å². The molecule has 0 heterocycles. The number of carbonyl (C=O) groups is 1. The Kier molecular flexibility index (Phi) is 3.53. The lowest BCUT2D eigenvalue weighted by Crippen LogP contribution is -2.04. The smallest absolute Gasteiger partial charge is 0.340 e. The van der Waals surface area contributed by atoms with E-state index < -0.39 is 17.3 Å². The number of hydrogen-bond acceptors (Lipinski definition) is 1. The summed E-state index contributed by atoms with van der Waals surface area (Å²) in [6, 6.07) is 1.36. The Morgan fingerprint density at radius 3 is 2.69 bits per heavy atom. The maximum atomic E-state index is 13.3. The van der Waals surface area contributed by atoms with Crippen molar-refractivity contribution in [3.05, 3.63) is 30.5 Å². The summed E-state index contributed by atoms with van der Waals surface area (Å²) >= 11 is 10.3. The van der Waals surface area contributed by atoms with Gasteiger partial charge in [-0.1, -0.05) is 11.6 Å². The van der Waals surface area contributed by atoms with E-state index in [0.29, 0.717) is 4.47 Å². The molecule has 0 amide bonds. The molecular formula is C7H2BrClFIO2. The highest BCUT2D eigenvalue weighted by Gasteiger charge is 2.19. The molecule has 0 aliphatic rings. The van der Waals surface area contributed by atoms with Crippen LogP contribution in [0.3, 0.4) is 0 Å². The van der Waals surface area contributed by atoms with Gasteiger partial charge in [-0.25, -0.2) is 9.18 Å². The second kappa shape index (κ2) is 4.10. The molecule has 0 saturated carbocycles. The van der Waals surface area contributed by atoms with E-state index in [9.17, 15) is 9.18 Å². The molecule has 0 unspecified atom stereocenters. The van der Waals surface area contributed by atoms with Gasteiger partial charge in [-0.15, -0.1) is 0 Å². The molecule has 0 aromatic heterocycles. The van der Waals surface area contributed by atoms with Gasteiger partial charge in [-0.05, 0) is 44.6 Å². The van der Waals surface area contributed by atoms with Crippen LogP contribution in [0.1, 0.15) is 10.4 Å². The Hall–Kier alpha value is 0.120. The van der Waals surface area contributed by atoms with Gasteiger partial charge in [0.05, 0.1) is 8.59 Å². The largest absolute Gasteiger partial charge is 0.478 e. The number of halogens is 4. The maximum Gasteiger partial charge on any atom is 0.340 e. The third kappa shape index (κ3) is 2.13. The lowest BCUT2D eigenvalue weighted by molar-refractivity contribution is 0.0692. The van der Waals surface area contributed by atoms with Crippen LogP contribution in [0.25, 0.3) is 0 Å². The van der Waals surface area contributed by atoms with Crippen molar-refractivity contribution in [1.82, 2.24) is 0 Å². The van der Waals surface area contributed by atoms with Crippen molar-refractivity contribution in [3.8, 4) is 0 Å². The average molecular weight is 379 g/mol. The van der Waals surface area contributed by atoms with E-state index in [2.05, 4.69) is 15.9 Å². The first-order valence-electron chi connectivity index (χ1n) is 3.01. The molecule has 2 nitrogen and oxygen atoms in total. The van der Waals surface area contributed by atoms with Gasteiger partial charge < -0.3 is 5.11 Å². The molecule has 1 aromatic carbocycles. The summed E-state index contributed by atoms with van der Waals surface area (Å²) < 4.78 is 13.9. The molecule has 0 aliphatic heterocycles. The summed E-state index contributed by atoms with van der Waals surface area (Å²) in [6.07, 6.45) is 0. The molecule has 1 aromatic rings. The van der Waals surface area contributed by atoms with Gasteiger partial charge in [0.15, 0.2) is 5.82 Å². The van der Waals surface area contributed by atoms with E-state index in [-0.39, 0.29) is 8.59 Å². The van der Waals surface area contributed by atoms with E-state index in [1.54, 1.807) is 22.6 Å². The summed E-state index contributed by atoms with van der Waals surface area (Å²) in [4.78, 5) is 10.6. The monoisotopic (exact) mass is 378 g/mol. The molecule has 0 aliphatic carbocycles. The number of rotatable bonds is 1. The number of hydrogen-bond donors (Lipinski definition) is 1. The van der Waals surface area contributed by atoms with Crippen LogP contribution in [-0.4, -0.2) is 11.1 Å². The van der Waals surface area contributed by atoms with E-state index >= 15 is 0 Å². The highest BCUT2D eigenvalue weighted by Crippen LogP contribution is 2.30. The molecule has 0 atom stereocenters. The van der Waals surface area contributed by atoms with Crippen LogP contribution >= 0.6 is 50.1 Å². The lowest BCUT2D eigenvalue weighted by Gasteiger charge is -2.04. The van der Waals surface area contributed by atoms with E-state index in [1.165, 1.54) is 6.07 Å². The average Bonchev–Trinajstić information content (AvgIpc) is 1.99. The third-order valence-corrected chi connectivity index (χ3v) is 4.05. The van der Waals surface area contributed by atoms with Gasteiger partial charge in [0.25, 0.3) is 0 Å². The second-order valence-corrected chi connectivity index (χ2v) is 4.49. The number of aromatic carboxylic acids is 1.